The van der Waals surface area contributed by atoms with Crippen LogP contribution >= 0.6 is 0 Å². The Bertz CT molecular complexity index is 728. The molecule has 3 rings (SSSR count). The molecule has 0 spiro atoms. The number of amides is 1. The lowest BCUT2D eigenvalue weighted by Gasteiger charge is -2.34. The maximum Gasteiger partial charge on any atom is 0.254 e. The lowest BCUT2D eigenvalue weighted by molar-refractivity contribution is 0.0626. The third-order valence-electron chi connectivity index (χ3n) is 4.48. The fourth-order valence-electron chi connectivity index (χ4n) is 3.09. The molecule has 6 nitrogen and oxygen atoms in total. The molecular weight excluding hydrogens is 330 g/mol. The molecule has 0 N–H and O–H groups in total. The number of ether oxygens (including phenoxy) is 2. The van der Waals surface area contributed by atoms with Crippen molar-refractivity contribution in [3.05, 3.63) is 53.9 Å². The lowest BCUT2D eigenvalue weighted by Crippen LogP contribution is -2.48. The molecule has 0 aliphatic carbocycles. The van der Waals surface area contributed by atoms with Gasteiger partial charge in [0, 0.05) is 44.5 Å². The van der Waals surface area contributed by atoms with Crippen molar-refractivity contribution in [2.24, 2.45) is 0 Å². The molecule has 138 valence electrons. The summed E-state index contributed by atoms with van der Waals surface area (Å²) in [4.78, 5) is 21.4. The van der Waals surface area contributed by atoms with Crippen molar-refractivity contribution < 1.29 is 14.3 Å². The van der Waals surface area contributed by atoms with Crippen LogP contribution in [0.1, 0.15) is 23.0 Å². The van der Waals surface area contributed by atoms with Crippen molar-refractivity contribution in [1.82, 2.24) is 14.8 Å². The minimum Gasteiger partial charge on any atom is -0.493 e. The number of methoxy groups -OCH3 is 1. The van der Waals surface area contributed by atoms with Gasteiger partial charge in [-0.15, -0.1) is 0 Å². The van der Waals surface area contributed by atoms with Crippen molar-refractivity contribution in [1.29, 1.82) is 0 Å². The molecule has 0 bridgehead atoms. The average molecular weight is 355 g/mol. The van der Waals surface area contributed by atoms with Crippen molar-refractivity contribution in [3.63, 3.8) is 0 Å². The van der Waals surface area contributed by atoms with Crippen LogP contribution in [0.4, 0.5) is 0 Å². The standard InChI is InChI=1S/C20H25N3O3/c1-3-26-18-8-7-16(14-19(18)25-2)20(24)23-12-10-22(11-13-23)15-17-6-4-5-9-21-17/h4-9,14H,3,10-13,15H2,1-2H3. The molecule has 1 saturated heterocycles. The number of nitrogens with zero attached hydrogens (tertiary/aromatic N) is 3. The van der Waals surface area contributed by atoms with Gasteiger partial charge < -0.3 is 14.4 Å². The van der Waals surface area contributed by atoms with Gasteiger partial charge in [-0.1, -0.05) is 6.07 Å². The normalized spacial score (nSPS) is 14.9. The fourth-order valence-corrected chi connectivity index (χ4v) is 3.09. The molecule has 0 atom stereocenters. The van der Waals surface area contributed by atoms with E-state index in [4.69, 9.17) is 9.47 Å². The Balaban J connectivity index is 1.59. The summed E-state index contributed by atoms with van der Waals surface area (Å²) in [5, 5.41) is 0. The number of pyridine rings is 1. The summed E-state index contributed by atoms with van der Waals surface area (Å²) in [5.41, 5.74) is 1.69. The number of hydrogen-bond acceptors (Lipinski definition) is 5. The Morgan fingerprint density at radius 3 is 2.58 bits per heavy atom. The number of piperazine rings is 1. The number of aromatic nitrogens is 1. The first kappa shape index (κ1) is 18.2. The zero-order chi connectivity index (χ0) is 18.4. The molecule has 6 heteroatoms. The van der Waals surface area contributed by atoms with Crippen molar-refractivity contribution >= 4 is 5.91 Å². The highest BCUT2D eigenvalue weighted by molar-refractivity contribution is 5.95. The number of hydrogen-bond donors (Lipinski definition) is 0. The Hall–Kier alpha value is -2.60. The molecule has 1 aliphatic heterocycles. The summed E-state index contributed by atoms with van der Waals surface area (Å²) in [6.45, 7) is 6.40. The first-order valence-electron chi connectivity index (χ1n) is 8.93. The summed E-state index contributed by atoms with van der Waals surface area (Å²) in [7, 11) is 1.59. The molecule has 26 heavy (non-hydrogen) atoms. The van der Waals surface area contributed by atoms with E-state index < -0.39 is 0 Å². The van der Waals surface area contributed by atoms with Crippen LogP contribution in [-0.2, 0) is 6.54 Å². The van der Waals surface area contributed by atoms with E-state index in [2.05, 4.69) is 9.88 Å². The van der Waals surface area contributed by atoms with E-state index in [0.29, 0.717) is 36.8 Å². The van der Waals surface area contributed by atoms with Crippen LogP contribution in [0.15, 0.2) is 42.6 Å². The van der Waals surface area contributed by atoms with Gasteiger partial charge in [0.1, 0.15) is 0 Å². The maximum absolute atomic E-state index is 12.8. The number of carbonyl (C=O) groups is 1. The fraction of sp³-hybridized carbons (Fsp3) is 0.400. The summed E-state index contributed by atoms with van der Waals surface area (Å²) in [6.07, 6.45) is 1.81. The quantitative estimate of drug-likeness (QED) is 0.797. The largest absolute Gasteiger partial charge is 0.493 e. The van der Waals surface area contributed by atoms with Crippen LogP contribution in [-0.4, -0.2) is 60.6 Å². The summed E-state index contributed by atoms with van der Waals surface area (Å²) >= 11 is 0. The van der Waals surface area contributed by atoms with Crippen molar-refractivity contribution in [2.75, 3.05) is 39.9 Å². The third-order valence-corrected chi connectivity index (χ3v) is 4.48. The van der Waals surface area contributed by atoms with Gasteiger partial charge in [-0.2, -0.15) is 0 Å². The van der Waals surface area contributed by atoms with Gasteiger partial charge in [0.25, 0.3) is 5.91 Å². The summed E-state index contributed by atoms with van der Waals surface area (Å²) in [5.74, 6) is 1.28. The molecule has 1 aliphatic rings. The molecule has 1 fully saturated rings. The first-order valence-corrected chi connectivity index (χ1v) is 8.93. The van der Waals surface area contributed by atoms with Gasteiger partial charge in [-0.3, -0.25) is 14.7 Å². The Morgan fingerprint density at radius 1 is 1.12 bits per heavy atom. The molecule has 1 aromatic carbocycles. The highest BCUT2D eigenvalue weighted by Gasteiger charge is 2.23. The van der Waals surface area contributed by atoms with Gasteiger partial charge in [-0.05, 0) is 37.3 Å². The van der Waals surface area contributed by atoms with Crippen molar-refractivity contribution in [3.8, 4) is 11.5 Å². The zero-order valence-electron chi connectivity index (χ0n) is 15.4. The Morgan fingerprint density at radius 2 is 1.92 bits per heavy atom. The smallest absolute Gasteiger partial charge is 0.254 e. The summed E-state index contributed by atoms with van der Waals surface area (Å²) < 4.78 is 10.9. The Kier molecular flexibility index (Phi) is 6.07. The molecule has 0 saturated carbocycles. The maximum atomic E-state index is 12.8. The molecule has 2 heterocycles. The van der Waals surface area contributed by atoms with Crippen LogP contribution < -0.4 is 9.47 Å². The van der Waals surface area contributed by atoms with E-state index >= 15 is 0 Å². The SMILES string of the molecule is CCOc1ccc(C(=O)N2CCN(Cc3ccccn3)CC2)cc1OC. The predicted molar refractivity (Wildman–Crippen MR) is 99.6 cm³/mol. The third kappa shape index (κ3) is 4.32. The van der Waals surface area contributed by atoms with Crippen LogP contribution in [0, 0.1) is 0 Å². The zero-order valence-corrected chi connectivity index (χ0v) is 15.4. The second kappa shape index (κ2) is 8.67. The lowest BCUT2D eigenvalue weighted by atomic mass is 10.1. The average Bonchev–Trinajstić information content (AvgIpc) is 2.69. The second-order valence-electron chi connectivity index (χ2n) is 6.19. The molecule has 0 unspecified atom stereocenters. The van der Waals surface area contributed by atoms with Gasteiger partial charge in [0.2, 0.25) is 0 Å². The summed E-state index contributed by atoms with van der Waals surface area (Å²) in [6, 6.07) is 11.3. The van der Waals surface area contributed by atoms with Gasteiger partial charge in [0.05, 0.1) is 19.4 Å². The predicted octanol–water partition coefficient (Wildman–Crippen LogP) is 2.45. The van der Waals surface area contributed by atoms with Crippen LogP contribution in [0.3, 0.4) is 0 Å². The first-order chi connectivity index (χ1) is 12.7. The monoisotopic (exact) mass is 355 g/mol. The highest BCUT2D eigenvalue weighted by Crippen LogP contribution is 2.28. The molecular formula is C20H25N3O3. The van der Waals surface area contributed by atoms with Crippen LogP contribution in [0.2, 0.25) is 0 Å². The Labute approximate surface area is 154 Å². The minimum atomic E-state index is 0.0313. The second-order valence-corrected chi connectivity index (χ2v) is 6.19. The van der Waals surface area contributed by atoms with E-state index in [-0.39, 0.29) is 5.91 Å². The van der Waals surface area contributed by atoms with Gasteiger partial charge in [0.15, 0.2) is 11.5 Å². The van der Waals surface area contributed by atoms with Gasteiger partial charge in [-0.25, -0.2) is 0 Å². The van der Waals surface area contributed by atoms with Crippen molar-refractivity contribution in [2.45, 2.75) is 13.5 Å². The van der Waals surface area contributed by atoms with E-state index in [0.717, 1.165) is 25.3 Å². The van der Waals surface area contributed by atoms with E-state index in [9.17, 15) is 4.79 Å². The van der Waals surface area contributed by atoms with E-state index in [1.165, 1.54) is 0 Å². The molecule has 0 radical (unpaired) electrons. The van der Waals surface area contributed by atoms with E-state index in [1.54, 1.807) is 25.3 Å². The number of carbonyl (C=O) groups excluding carboxylic acids is 1. The van der Waals surface area contributed by atoms with Crippen LogP contribution in [0.25, 0.3) is 0 Å². The van der Waals surface area contributed by atoms with Crippen LogP contribution in [0.5, 0.6) is 11.5 Å². The molecule has 1 amide bonds. The number of benzene rings is 1. The minimum absolute atomic E-state index is 0.0313. The molecule has 1 aromatic heterocycles. The topological polar surface area (TPSA) is 54.9 Å². The van der Waals surface area contributed by atoms with Gasteiger partial charge >= 0.3 is 0 Å². The highest BCUT2D eigenvalue weighted by atomic mass is 16.5. The molecule has 2 aromatic rings. The van der Waals surface area contributed by atoms with E-state index in [1.807, 2.05) is 36.2 Å². The number of rotatable bonds is 6.